The van der Waals surface area contributed by atoms with Gasteiger partial charge in [-0.15, -0.1) is 0 Å². The molecule has 0 unspecified atom stereocenters. The molecule has 4 aliphatic rings. The van der Waals surface area contributed by atoms with Gasteiger partial charge >= 0.3 is 12.1 Å². The van der Waals surface area contributed by atoms with Crippen LogP contribution in [0.15, 0.2) is 41.5 Å². The number of carbonyl (C=O) groups excluding carboxylic acids is 2. The number of amides is 4. The molecule has 102 valence electrons. The largest absolute Gasteiger partial charge is 0.331 e. The van der Waals surface area contributed by atoms with E-state index in [1.807, 2.05) is 18.2 Å². The number of nitrogens with zero attached hydrogens (tertiary/aromatic N) is 1. The van der Waals surface area contributed by atoms with E-state index in [4.69, 9.17) is 0 Å². The van der Waals surface area contributed by atoms with Gasteiger partial charge in [0.25, 0.3) is 0 Å². The van der Waals surface area contributed by atoms with Crippen LogP contribution in [0.3, 0.4) is 0 Å². The predicted octanol–water partition coefficient (Wildman–Crippen LogP) is 2.16. The molecule has 2 aliphatic heterocycles. The second-order valence-electron chi connectivity index (χ2n) is 5.48. The molecule has 1 fully saturated rings. The summed E-state index contributed by atoms with van der Waals surface area (Å²) in [5, 5.41) is 5.97. The van der Waals surface area contributed by atoms with Crippen molar-refractivity contribution in [3.05, 3.63) is 41.5 Å². The first-order valence-electron chi connectivity index (χ1n) is 6.92. The van der Waals surface area contributed by atoms with Crippen LogP contribution in [0, 0.1) is 0 Å². The van der Waals surface area contributed by atoms with Gasteiger partial charge in [-0.1, -0.05) is 18.2 Å². The van der Waals surface area contributed by atoms with Gasteiger partial charge in [0.1, 0.15) is 0 Å². The van der Waals surface area contributed by atoms with E-state index in [0.717, 1.165) is 19.3 Å². The van der Waals surface area contributed by atoms with Crippen LogP contribution >= 0.6 is 0 Å². The molecule has 1 saturated heterocycles. The fraction of sp³-hybridized carbons (Fsp3) is 0.333. The Bertz CT molecular complexity index is 589. The van der Waals surface area contributed by atoms with E-state index in [1.54, 1.807) is 12.1 Å². The molecule has 0 saturated carbocycles. The Kier molecular flexibility index (Phi) is 2.36. The van der Waals surface area contributed by atoms with E-state index in [-0.39, 0.29) is 24.1 Å². The number of hydrogen-bond donors (Lipinski definition) is 2. The van der Waals surface area contributed by atoms with Gasteiger partial charge in [-0.2, -0.15) is 0 Å². The van der Waals surface area contributed by atoms with E-state index in [1.165, 1.54) is 16.0 Å². The summed E-state index contributed by atoms with van der Waals surface area (Å²) in [7, 11) is 0. The molecule has 2 heterocycles. The van der Waals surface area contributed by atoms with Gasteiger partial charge in [-0.25, -0.2) is 14.5 Å². The molecule has 5 rings (SSSR count). The van der Waals surface area contributed by atoms with Gasteiger partial charge in [0.15, 0.2) is 0 Å². The fourth-order valence-corrected chi connectivity index (χ4v) is 3.19. The van der Waals surface area contributed by atoms with Crippen molar-refractivity contribution in [3.63, 3.8) is 0 Å². The zero-order valence-electron chi connectivity index (χ0n) is 10.9. The smallest absolute Gasteiger partial charge is 0.330 e. The Labute approximate surface area is 116 Å². The highest BCUT2D eigenvalue weighted by molar-refractivity contribution is 6.14. The summed E-state index contributed by atoms with van der Waals surface area (Å²) in [6.45, 7) is 0. The fourth-order valence-electron chi connectivity index (χ4n) is 3.19. The molecule has 20 heavy (non-hydrogen) atoms. The van der Waals surface area contributed by atoms with Crippen LogP contribution in [0.4, 0.5) is 15.3 Å². The third kappa shape index (κ3) is 1.70. The molecule has 2 atom stereocenters. The maximum atomic E-state index is 12.4. The highest BCUT2D eigenvalue weighted by atomic mass is 16.2. The van der Waals surface area contributed by atoms with Gasteiger partial charge in [0.05, 0.1) is 17.8 Å². The second kappa shape index (κ2) is 4.10. The first kappa shape index (κ1) is 11.5. The van der Waals surface area contributed by atoms with Gasteiger partial charge in [0.2, 0.25) is 0 Å². The Morgan fingerprint density at radius 3 is 2.00 bits per heavy atom. The molecule has 5 heteroatoms. The first-order chi connectivity index (χ1) is 9.74. The number of urea groups is 2. The van der Waals surface area contributed by atoms with Crippen LogP contribution in [0.25, 0.3) is 0 Å². The molecule has 0 aromatic heterocycles. The van der Waals surface area contributed by atoms with Crippen molar-refractivity contribution >= 4 is 17.7 Å². The minimum Gasteiger partial charge on any atom is -0.331 e. The Hall–Kier alpha value is -2.30. The van der Waals surface area contributed by atoms with Gasteiger partial charge in [0, 0.05) is 0 Å². The molecular formula is C15H15N3O2. The Morgan fingerprint density at radius 1 is 0.900 bits per heavy atom. The van der Waals surface area contributed by atoms with E-state index in [2.05, 4.69) is 10.6 Å². The van der Waals surface area contributed by atoms with Crippen molar-refractivity contribution < 1.29 is 9.59 Å². The summed E-state index contributed by atoms with van der Waals surface area (Å²) in [6, 6.07) is 8.54. The normalized spacial score (nSPS) is 28.1. The van der Waals surface area contributed by atoms with Crippen molar-refractivity contribution in [2.75, 3.05) is 4.90 Å². The average molecular weight is 269 g/mol. The number of benzene rings is 1. The molecule has 1 aromatic rings. The van der Waals surface area contributed by atoms with E-state index < -0.39 is 0 Å². The molecule has 1 aromatic carbocycles. The predicted molar refractivity (Wildman–Crippen MR) is 74.4 cm³/mol. The number of anilines is 1. The van der Waals surface area contributed by atoms with E-state index >= 15 is 0 Å². The zero-order chi connectivity index (χ0) is 13.7. The Balaban J connectivity index is 1.71. The van der Waals surface area contributed by atoms with Crippen molar-refractivity contribution in [2.24, 2.45) is 0 Å². The van der Waals surface area contributed by atoms with Crippen LogP contribution in [0.2, 0.25) is 0 Å². The average Bonchev–Trinajstić information content (AvgIpc) is 3.23. The lowest BCUT2D eigenvalue weighted by Gasteiger charge is -2.22. The van der Waals surface area contributed by atoms with Crippen molar-refractivity contribution in [1.82, 2.24) is 10.6 Å². The van der Waals surface area contributed by atoms with Crippen molar-refractivity contribution in [2.45, 2.75) is 31.3 Å². The van der Waals surface area contributed by atoms with Crippen LogP contribution in [-0.4, -0.2) is 24.1 Å². The van der Waals surface area contributed by atoms with Crippen molar-refractivity contribution in [3.8, 4) is 0 Å². The van der Waals surface area contributed by atoms with Gasteiger partial charge in [-0.05, 0) is 42.5 Å². The lowest BCUT2D eigenvalue weighted by molar-refractivity contribution is 0.234. The molecule has 4 amide bonds. The van der Waals surface area contributed by atoms with Gasteiger partial charge in [-0.3, -0.25) is 0 Å². The number of imide groups is 1. The maximum absolute atomic E-state index is 12.4. The number of para-hydroxylation sites is 1. The molecule has 5 nitrogen and oxygen atoms in total. The van der Waals surface area contributed by atoms with Crippen LogP contribution in [-0.2, 0) is 0 Å². The summed E-state index contributed by atoms with van der Waals surface area (Å²) >= 11 is 0. The lowest BCUT2D eigenvalue weighted by Crippen LogP contribution is -2.50. The molecule has 2 bridgehead atoms. The SMILES string of the molecule is O=C1N[C@H]2CC[C@H](NC(=O)N1c1ccccc1)C1=C2C1. The summed E-state index contributed by atoms with van der Waals surface area (Å²) in [4.78, 5) is 26.0. The number of hydrogen-bond acceptors (Lipinski definition) is 2. The van der Waals surface area contributed by atoms with Crippen LogP contribution in [0.1, 0.15) is 19.3 Å². The number of rotatable bonds is 1. The Morgan fingerprint density at radius 2 is 1.45 bits per heavy atom. The summed E-state index contributed by atoms with van der Waals surface area (Å²) in [6.07, 6.45) is 2.76. The maximum Gasteiger partial charge on any atom is 0.330 e. The van der Waals surface area contributed by atoms with E-state index in [0.29, 0.717) is 5.69 Å². The first-order valence-corrected chi connectivity index (χ1v) is 6.92. The lowest BCUT2D eigenvalue weighted by atomic mass is 9.99. The molecule has 0 radical (unpaired) electrons. The summed E-state index contributed by atoms with van der Waals surface area (Å²) in [5.74, 6) is 0. The number of carbonyl (C=O) groups is 2. The highest BCUT2D eigenvalue weighted by Crippen LogP contribution is 2.44. The molecule has 0 spiro atoms. The van der Waals surface area contributed by atoms with Crippen molar-refractivity contribution in [1.29, 1.82) is 0 Å². The van der Waals surface area contributed by atoms with Crippen LogP contribution in [0.5, 0.6) is 0 Å². The molecule has 2 aliphatic carbocycles. The molecule has 2 N–H and O–H groups in total. The summed E-state index contributed by atoms with van der Waals surface area (Å²) in [5.41, 5.74) is 3.21. The quantitative estimate of drug-likeness (QED) is 0.767. The number of nitrogens with one attached hydrogen (secondary N) is 2. The minimum absolute atomic E-state index is 0.104. The summed E-state index contributed by atoms with van der Waals surface area (Å²) < 4.78 is 0. The van der Waals surface area contributed by atoms with E-state index in [9.17, 15) is 9.59 Å². The minimum atomic E-state index is -0.347. The van der Waals surface area contributed by atoms with Crippen LogP contribution < -0.4 is 15.5 Å². The third-order valence-electron chi connectivity index (χ3n) is 4.27. The second-order valence-corrected chi connectivity index (χ2v) is 5.48. The number of fused-ring (bicyclic) bond motifs is 5. The topological polar surface area (TPSA) is 61.4 Å². The zero-order valence-corrected chi connectivity index (χ0v) is 10.9. The molecular weight excluding hydrogens is 254 g/mol. The van der Waals surface area contributed by atoms with Gasteiger partial charge < -0.3 is 10.6 Å². The monoisotopic (exact) mass is 269 g/mol. The highest BCUT2D eigenvalue weighted by Gasteiger charge is 2.43. The standard InChI is InChI=1S/C15H15N3O2/c19-14-16-12-6-7-13(11-8-10(11)12)17-15(20)18(14)9-4-2-1-3-5-9/h1-5,12-13H,6-8H2,(H,16,19)(H,17,20)/t12-,13-/m0/s1. The third-order valence-corrected chi connectivity index (χ3v) is 4.27.